The van der Waals surface area contributed by atoms with E-state index in [1.165, 1.54) is 19.3 Å². The highest BCUT2D eigenvalue weighted by Gasteiger charge is 2.16. The molecule has 0 aromatic heterocycles. The van der Waals surface area contributed by atoms with Crippen LogP contribution in [-0.2, 0) is 0 Å². The van der Waals surface area contributed by atoms with Crippen molar-refractivity contribution in [1.82, 2.24) is 0 Å². The molecule has 1 heteroatoms. The first kappa shape index (κ1) is 5.10. The number of nitrogens with two attached hydrogens (primary N) is 1. The second kappa shape index (κ2) is 1.83. The van der Waals surface area contributed by atoms with E-state index in [0.717, 1.165) is 5.92 Å². The van der Waals surface area contributed by atoms with Crippen LogP contribution in [0.5, 0.6) is 0 Å². The highest BCUT2D eigenvalue weighted by Crippen LogP contribution is 2.22. The summed E-state index contributed by atoms with van der Waals surface area (Å²) in [5, 5.41) is 0. The summed E-state index contributed by atoms with van der Waals surface area (Å²) in [6.07, 6.45) is 3.85. The smallest absolute Gasteiger partial charge is 0.00414 e. The maximum absolute atomic E-state index is 5.63. The Morgan fingerprint density at radius 3 is 2.29 bits per heavy atom. The maximum Gasteiger partial charge on any atom is 0.00414 e. The molecule has 1 aliphatic rings. The molecule has 2 atom stereocenters. The van der Waals surface area contributed by atoms with Crippen molar-refractivity contribution in [2.24, 2.45) is 11.7 Å². The molecule has 0 radical (unpaired) electrons. The van der Waals surface area contributed by atoms with Crippen molar-refractivity contribution in [1.29, 1.82) is 0 Å². The fraction of sp³-hybridized carbons (Fsp3) is 1.00. The van der Waals surface area contributed by atoms with E-state index in [9.17, 15) is 0 Å². The van der Waals surface area contributed by atoms with Gasteiger partial charge in [-0.05, 0) is 25.2 Å². The lowest BCUT2D eigenvalue weighted by atomic mass is 10.1. The second-order valence-corrected chi connectivity index (χ2v) is 2.68. The molecule has 0 heterocycles. The molecule has 1 fully saturated rings. The summed E-state index contributed by atoms with van der Waals surface area (Å²) in [5.41, 5.74) is 5.63. The average Bonchev–Trinajstić information content (AvgIpc) is 1.87. The van der Waals surface area contributed by atoms with Gasteiger partial charge < -0.3 is 5.73 Å². The molecule has 0 aliphatic heterocycles. The summed E-state index contributed by atoms with van der Waals surface area (Å²) in [6, 6.07) is 0.523. The monoisotopic (exact) mass is 99.1 g/mol. The quantitative estimate of drug-likeness (QED) is 0.484. The van der Waals surface area contributed by atoms with E-state index >= 15 is 0 Å². The molecule has 0 saturated heterocycles. The summed E-state index contributed by atoms with van der Waals surface area (Å²) in [7, 11) is 0. The van der Waals surface area contributed by atoms with E-state index in [2.05, 4.69) is 6.92 Å². The van der Waals surface area contributed by atoms with Gasteiger partial charge in [-0.15, -0.1) is 0 Å². The van der Waals surface area contributed by atoms with Crippen LogP contribution in [0.25, 0.3) is 0 Å². The zero-order valence-electron chi connectivity index (χ0n) is 4.85. The van der Waals surface area contributed by atoms with E-state index in [1.54, 1.807) is 0 Å². The van der Waals surface area contributed by atoms with Crippen molar-refractivity contribution in [2.45, 2.75) is 32.2 Å². The molecule has 0 bridgehead atoms. The van der Waals surface area contributed by atoms with Crippen LogP contribution < -0.4 is 5.73 Å². The minimum atomic E-state index is 0.523. The van der Waals surface area contributed by atoms with Crippen molar-refractivity contribution >= 4 is 0 Å². The lowest BCUT2D eigenvalue weighted by Crippen LogP contribution is -2.14. The fourth-order valence-electron chi connectivity index (χ4n) is 1.25. The first-order chi connectivity index (χ1) is 3.29. The summed E-state index contributed by atoms with van der Waals surface area (Å²) in [4.78, 5) is 0. The Balaban J connectivity index is 2.26. The molecule has 0 aromatic rings. The zero-order valence-corrected chi connectivity index (χ0v) is 4.85. The number of hydrogen-bond acceptors (Lipinski definition) is 1. The predicted molar refractivity (Wildman–Crippen MR) is 31.0 cm³/mol. The molecule has 1 saturated carbocycles. The molecule has 2 N–H and O–H groups in total. The van der Waals surface area contributed by atoms with E-state index in [0.29, 0.717) is 6.04 Å². The van der Waals surface area contributed by atoms with Crippen molar-refractivity contribution in [3.8, 4) is 0 Å². The third-order valence-corrected chi connectivity index (χ3v) is 1.74. The van der Waals surface area contributed by atoms with Gasteiger partial charge in [0.15, 0.2) is 0 Å². The Bertz CT molecular complexity index is 53.2. The lowest BCUT2D eigenvalue weighted by Gasteiger charge is -1.97. The van der Waals surface area contributed by atoms with Crippen LogP contribution in [0.15, 0.2) is 0 Å². The van der Waals surface area contributed by atoms with E-state index in [1.807, 2.05) is 0 Å². The van der Waals surface area contributed by atoms with Gasteiger partial charge in [-0.2, -0.15) is 0 Å². The normalized spacial score (nSPS) is 42.0. The van der Waals surface area contributed by atoms with Crippen LogP contribution in [0, 0.1) is 5.92 Å². The average molecular weight is 99.2 g/mol. The molecule has 7 heavy (non-hydrogen) atoms. The van der Waals surface area contributed by atoms with Crippen LogP contribution in [0.2, 0.25) is 0 Å². The topological polar surface area (TPSA) is 26.0 Å². The molecular weight excluding hydrogens is 86.1 g/mol. The lowest BCUT2D eigenvalue weighted by molar-refractivity contribution is 0.594. The molecule has 0 unspecified atom stereocenters. The highest BCUT2D eigenvalue weighted by atomic mass is 14.6. The van der Waals surface area contributed by atoms with E-state index in [4.69, 9.17) is 5.73 Å². The van der Waals surface area contributed by atoms with Gasteiger partial charge in [-0.3, -0.25) is 0 Å². The van der Waals surface area contributed by atoms with Gasteiger partial charge in [0.1, 0.15) is 0 Å². The Morgan fingerprint density at radius 2 is 2.14 bits per heavy atom. The largest absolute Gasteiger partial charge is 0.328 e. The molecule has 0 amide bonds. The summed E-state index contributed by atoms with van der Waals surface area (Å²) < 4.78 is 0. The number of hydrogen-bond donors (Lipinski definition) is 1. The zero-order chi connectivity index (χ0) is 5.28. The molecular formula is C6H13N. The van der Waals surface area contributed by atoms with Crippen LogP contribution in [-0.4, -0.2) is 6.04 Å². The Hall–Kier alpha value is -0.0400. The summed E-state index contributed by atoms with van der Waals surface area (Å²) in [6.45, 7) is 2.27. The van der Waals surface area contributed by atoms with Gasteiger partial charge in [0.05, 0.1) is 0 Å². The van der Waals surface area contributed by atoms with Gasteiger partial charge in [-0.1, -0.05) is 6.92 Å². The third-order valence-electron chi connectivity index (χ3n) is 1.74. The maximum atomic E-state index is 5.63. The number of rotatable bonds is 0. The standard InChI is InChI=1S/C6H13N/c1-5-2-3-6(7)4-5/h5-6H,2-4,7H2,1H3/t5-,6-/m1/s1. The molecule has 0 spiro atoms. The van der Waals surface area contributed by atoms with Gasteiger partial charge >= 0.3 is 0 Å². The van der Waals surface area contributed by atoms with Crippen LogP contribution >= 0.6 is 0 Å². The van der Waals surface area contributed by atoms with Crippen molar-refractivity contribution in [3.05, 3.63) is 0 Å². The Labute approximate surface area is 44.9 Å². The minimum Gasteiger partial charge on any atom is -0.328 e. The predicted octanol–water partition coefficient (Wildman–Crippen LogP) is 1.13. The van der Waals surface area contributed by atoms with E-state index < -0.39 is 0 Å². The minimum absolute atomic E-state index is 0.523. The summed E-state index contributed by atoms with van der Waals surface area (Å²) >= 11 is 0. The SMILES string of the molecule is C[C@@H]1CC[C@@H](N)C1. The van der Waals surface area contributed by atoms with Crippen LogP contribution in [0.4, 0.5) is 0 Å². The van der Waals surface area contributed by atoms with Crippen molar-refractivity contribution < 1.29 is 0 Å². The van der Waals surface area contributed by atoms with Gasteiger partial charge in [0.25, 0.3) is 0 Å². The molecule has 1 rings (SSSR count). The Morgan fingerprint density at radius 1 is 1.43 bits per heavy atom. The molecule has 42 valence electrons. The van der Waals surface area contributed by atoms with Crippen LogP contribution in [0.1, 0.15) is 26.2 Å². The van der Waals surface area contributed by atoms with E-state index in [-0.39, 0.29) is 0 Å². The fourth-order valence-corrected chi connectivity index (χ4v) is 1.25. The Kier molecular flexibility index (Phi) is 1.33. The molecule has 0 aromatic carbocycles. The first-order valence-electron chi connectivity index (χ1n) is 3.04. The van der Waals surface area contributed by atoms with Crippen molar-refractivity contribution in [2.75, 3.05) is 0 Å². The van der Waals surface area contributed by atoms with Crippen LogP contribution in [0.3, 0.4) is 0 Å². The first-order valence-corrected chi connectivity index (χ1v) is 3.04. The molecule has 1 aliphatic carbocycles. The highest BCUT2D eigenvalue weighted by molar-refractivity contribution is 4.73. The second-order valence-electron chi connectivity index (χ2n) is 2.68. The van der Waals surface area contributed by atoms with Gasteiger partial charge in [0, 0.05) is 6.04 Å². The van der Waals surface area contributed by atoms with Crippen molar-refractivity contribution in [3.63, 3.8) is 0 Å². The third kappa shape index (κ3) is 1.16. The molecule has 1 nitrogen and oxygen atoms in total. The summed E-state index contributed by atoms with van der Waals surface area (Å²) in [5.74, 6) is 0.898. The van der Waals surface area contributed by atoms with Gasteiger partial charge in [-0.25, -0.2) is 0 Å². The van der Waals surface area contributed by atoms with Gasteiger partial charge in [0.2, 0.25) is 0 Å².